The molecule has 0 aromatic carbocycles. The summed E-state index contributed by atoms with van der Waals surface area (Å²) in [6.07, 6.45) is 1.76. The minimum Gasteiger partial charge on any atom is -0.378 e. The molecule has 0 bridgehead atoms. The third-order valence-corrected chi connectivity index (χ3v) is 4.27. The molecular weight excluding hydrogens is 194 g/mol. The highest BCUT2D eigenvalue weighted by molar-refractivity contribution is 7.10. The molecule has 0 unspecified atom stereocenters. The van der Waals surface area contributed by atoms with Crippen LogP contribution in [0.5, 0.6) is 0 Å². The summed E-state index contributed by atoms with van der Waals surface area (Å²) in [5.41, 5.74) is 0. The molecule has 0 radical (unpaired) electrons. The van der Waals surface area contributed by atoms with Gasteiger partial charge in [-0.25, -0.2) is 0 Å². The smallest absolute Gasteiger partial charge is 0.107 e. The van der Waals surface area contributed by atoms with Crippen molar-refractivity contribution in [3.8, 4) is 0 Å². The Labute approximate surface area is 89.2 Å². The van der Waals surface area contributed by atoms with E-state index in [1.165, 1.54) is 4.88 Å². The molecular formula is C11H17NOS. The van der Waals surface area contributed by atoms with E-state index < -0.39 is 0 Å². The fourth-order valence-electron chi connectivity index (χ4n) is 2.14. The highest BCUT2D eigenvalue weighted by Crippen LogP contribution is 2.35. The monoisotopic (exact) mass is 211 g/mol. The van der Waals surface area contributed by atoms with Crippen LogP contribution in [0, 0.1) is 0 Å². The van der Waals surface area contributed by atoms with Crippen molar-refractivity contribution in [3.63, 3.8) is 0 Å². The highest BCUT2D eigenvalue weighted by atomic mass is 32.1. The van der Waals surface area contributed by atoms with Crippen molar-refractivity contribution in [1.82, 2.24) is 4.90 Å². The van der Waals surface area contributed by atoms with Crippen molar-refractivity contribution in [2.45, 2.75) is 38.0 Å². The van der Waals surface area contributed by atoms with Crippen LogP contribution in [0.3, 0.4) is 0 Å². The van der Waals surface area contributed by atoms with Crippen LogP contribution in [0.25, 0.3) is 0 Å². The first-order valence-electron chi connectivity index (χ1n) is 5.12. The Morgan fingerprint density at radius 3 is 2.86 bits per heavy atom. The van der Waals surface area contributed by atoms with E-state index in [1.807, 2.05) is 7.05 Å². The van der Waals surface area contributed by atoms with Crippen LogP contribution >= 0.6 is 11.3 Å². The number of aliphatic hydroxyl groups excluding tert-OH is 1. The topological polar surface area (TPSA) is 23.5 Å². The summed E-state index contributed by atoms with van der Waals surface area (Å²) in [4.78, 5) is 3.48. The normalized spacial score (nSPS) is 34.6. The second kappa shape index (κ2) is 4.01. The van der Waals surface area contributed by atoms with Gasteiger partial charge >= 0.3 is 0 Å². The fraction of sp³-hybridized carbons (Fsp3) is 0.636. The molecule has 14 heavy (non-hydrogen) atoms. The minimum absolute atomic E-state index is 0.272. The SMILES string of the molecule is C[C@@H]1C[C@@H](c2cccs2)C[C@@H](O)N1C. The Hall–Kier alpha value is -0.380. The molecule has 2 nitrogen and oxygen atoms in total. The molecule has 1 N–H and O–H groups in total. The molecule has 0 spiro atoms. The highest BCUT2D eigenvalue weighted by Gasteiger charge is 2.30. The van der Waals surface area contributed by atoms with Crippen LogP contribution < -0.4 is 0 Å². The van der Waals surface area contributed by atoms with Crippen LogP contribution in [0.4, 0.5) is 0 Å². The first-order valence-corrected chi connectivity index (χ1v) is 6.00. The third-order valence-electron chi connectivity index (χ3n) is 3.23. The predicted octanol–water partition coefficient (Wildman–Crippen LogP) is 2.26. The van der Waals surface area contributed by atoms with Crippen molar-refractivity contribution in [1.29, 1.82) is 0 Å². The maximum Gasteiger partial charge on any atom is 0.107 e. The van der Waals surface area contributed by atoms with Gasteiger partial charge < -0.3 is 5.11 Å². The van der Waals surface area contributed by atoms with Gasteiger partial charge in [0, 0.05) is 10.9 Å². The van der Waals surface area contributed by atoms with E-state index >= 15 is 0 Å². The number of nitrogens with zero attached hydrogens (tertiary/aromatic N) is 1. The Bertz CT molecular complexity index is 273. The molecule has 2 heterocycles. The van der Waals surface area contributed by atoms with Gasteiger partial charge in [0.1, 0.15) is 6.23 Å². The van der Waals surface area contributed by atoms with E-state index in [1.54, 1.807) is 11.3 Å². The summed E-state index contributed by atoms with van der Waals surface area (Å²) in [6.45, 7) is 2.18. The summed E-state index contributed by atoms with van der Waals surface area (Å²) >= 11 is 1.81. The predicted molar refractivity (Wildman–Crippen MR) is 59.5 cm³/mol. The Balaban J connectivity index is 2.10. The molecule has 1 fully saturated rings. The van der Waals surface area contributed by atoms with Crippen LogP contribution in [0.2, 0.25) is 0 Å². The quantitative estimate of drug-likeness (QED) is 0.770. The first kappa shape index (κ1) is 10.1. The van der Waals surface area contributed by atoms with Crippen LogP contribution in [-0.4, -0.2) is 29.3 Å². The molecule has 0 aliphatic carbocycles. The molecule has 2 rings (SSSR count). The lowest BCUT2D eigenvalue weighted by Crippen LogP contribution is -2.44. The molecule has 0 saturated carbocycles. The van der Waals surface area contributed by atoms with Gasteiger partial charge in [0.05, 0.1) is 0 Å². The van der Waals surface area contributed by atoms with Crippen LogP contribution in [0.15, 0.2) is 17.5 Å². The second-order valence-electron chi connectivity index (χ2n) is 4.18. The van der Waals surface area contributed by atoms with E-state index in [0.29, 0.717) is 12.0 Å². The summed E-state index contributed by atoms with van der Waals surface area (Å²) in [6, 6.07) is 4.75. The lowest BCUT2D eigenvalue weighted by molar-refractivity contribution is -0.0405. The zero-order valence-corrected chi connectivity index (χ0v) is 9.50. The average Bonchev–Trinajstić information content (AvgIpc) is 2.66. The van der Waals surface area contributed by atoms with Gasteiger partial charge in [-0.2, -0.15) is 0 Å². The Kier molecular flexibility index (Phi) is 2.91. The zero-order chi connectivity index (χ0) is 10.1. The van der Waals surface area contributed by atoms with Gasteiger partial charge in [0.25, 0.3) is 0 Å². The number of piperidine rings is 1. The molecule has 1 aromatic rings. The van der Waals surface area contributed by atoms with E-state index in [9.17, 15) is 5.11 Å². The fourth-order valence-corrected chi connectivity index (χ4v) is 3.00. The molecule has 0 amide bonds. The number of hydrogen-bond donors (Lipinski definition) is 1. The van der Waals surface area contributed by atoms with Crippen molar-refractivity contribution in [2.24, 2.45) is 0 Å². The van der Waals surface area contributed by atoms with E-state index in [-0.39, 0.29) is 6.23 Å². The molecule has 1 saturated heterocycles. The van der Waals surface area contributed by atoms with Crippen LogP contribution in [-0.2, 0) is 0 Å². The summed E-state index contributed by atoms with van der Waals surface area (Å²) < 4.78 is 0. The van der Waals surface area contributed by atoms with Crippen molar-refractivity contribution in [2.75, 3.05) is 7.05 Å². The maximum atomic E-state index is 9.85. The molecule has 1 aromatic heterocycles. The standard InChI is InChI=1S/C11H17NOS/c1-8-6-9(7-11(13)12(8)2)10-4-3-5-14-10/h3-5,8-9,11,13H,6-7H2,1-2H3/t8-,9-,11-/m1/s1. The number of aliphatic hydroxyl groups is 1. The number of hydrogen-bond acceptors (Lipinski definition) is 3. The zero-order valence-electron chi connectivity index (χ0n) is 8.68. The van der Waals surface area contributed by atoms with Gasteiger partial charge in [0.15, 0.2) is 0 Å². The van der Waals surface area contributed by atoms with Gasteiger partial charge in [-0.05, 0) is 44.2 Å². The molecule has 78 valence electrons. The second-order valence-corrected chi connectivity index (χ2v) is 5.16. The van der Waals surface area contributed by atoms with Crippen LogP contribution in [0.1, 0.15) is 30.6 Å². The van der Waals surface area contributed by atoms with E-state index in [2.05, 4.69) is 29.3 Å². The van der Waals surface area contributed by atoms with Crippen molar-refractivity contribution in [3.05, 3.63) is 22.4 Å². The maximum absolute atomic E-state index is 9.85. The largest absolute Gasteiger partial charge is 0.378 e. The molecule has 3 heteroatoms. The Morgan fingerprint density at radius 1 is 1.50 bits per heavy atom. The van der Waals surface area contributed by atoms with E-state index in [0.717, 1.165) is 12.8 Å². The average molecular weight is 211 g/mol. The van der Waals surface area contributed by atoms with Crippen molar-refractivity contribution >= 4 is 11.3 Å². The Morgan fingerprint density at radius 2 is 2.29 bits per heavy atom. The van der Waals surface area contributed by atoms with Gasteiger partial charge in [0.2, 0.25) is 0 Å². The summed E-state index contributed by atoms with van der Waals surface area (Å²) in [5, 5.41) is 12.0. The minimum atomic E-state index is -0.272. The summed E-state index contributed by atoms with van der Waals surface area (Å²) in [5.74, 6) is 0.552. The first-order chi connectivity index (χ1) is 6.68. The third kappa shape index (κ3) is 1.85. The number of rotatable bonds is 1. The van der Waals surface area contributed by atoms with Gasteiger partial charge in [-0.15, -0.1) is 11.3 Å². The van der Waals surface area contributed by atoms with Gasteiger partial charge in [-0.1, -0.05) is 6.07 Å². The number of likely N-dealkylation sites (tertiary alicyclic amines) is 1. The molecule has 1 aliphatic heterocycles. The van der Waals surface area contributed by atoms with Gasteiger partial charge in [-0.3, -0.25) is 4.90 Å². The lowest BCUT2D eigenvalue weighted by atomic mass is 9.90. The molecule has 3 atom stereocenters. The summed E-state index contributed by atoms with van der Waals surface area (Å²) in [7, 11) is 2.00. The number of thiophene rings is 1. The lowest BCUT2D eigenvalue weighted by Gasteiger charge is -2.38. The van der Waals surface area contributed by atoms with Crippen molar-refractivity contribution < 1.29 is 5.11 Å². The van der Waals surface area contributed by atoms with E-state index in [4.69, 9.17) is 0 Å². The molecule has 1 aliphatic rings.